The number of benzene rings is 3. The lowest BCUT2D eigenvalue weighted by atomic mass is 10.0. The van der Waals surface area contributed by atoms with Crippen molar-refractivity contribution in [2.24, 2.45) is 0 Å². The van der Waals surface area contributed by atoms with Crippen LogP contribution < -0.4 is 4.74 Å². The Morgan fingerprint density at radius 1 is 0.900 bits per heavy atom. The number of hydrogen-bond acceptors (Lipinski definition) is 3. The molecule has 0 saturated heterocycles. The third-order valence-corrected chi connectivity index (χ3v) is 5.21. The number of carbonyl (C=O) groups excluding carboxylic acids is 1. The second-order valence-electron chi connectivity index (χ2n) is 7.76. The number of aromatic nitrogens is 1. The molecule has 0 atom stereocenters. The van der Waals surface area contributed by atoms with Crippen molar-refractivity contribution < 1.29 is 9.53 Å². The summed E-state index contributed by atoms with van der Waals surface area (Å²) in [6, 6.07) is 24.1. The first kappa shape index (κ1) is 19.9. The first-order chi connectivity index (χ1) is 14.6. The van der Waals surface area contributed by atoms with E-state index in [2.05, 4.69) is 36.1 Å². The molecule has 4 heteroatoms. The van der Waals surface area contributed by atoms with Gasteiger partial charge < -0.3 is 14.6 Å². The van der Waals surface area contributed by atoms with Gasteiger partial charge in [0.15, 0.2) is 0 Å². The zero-order valence-corrected chi connectivity index (χ0v) is 17.4. The van der Waals surface area contributed by atoms with Gasteiger partial charge in [0.05, 0.1) is 6.42 Å². The van der Waals surface area contributed by atoms with Crippen LogP contribution in [0.2, 0.25) is 0 Å². The Labute approximate surface area is 177 Å². The molecular formula is C26H26N2O2. The summed E-state index contributed by atoms with van der Waals surface area (Å²) in [6.07, 6.45) is 3.14. The van der Waals surface area contributed by atoms with Crippen LogP contribution in [0.25, 0.3) is 22.0 Å². The van der Waals surface area contributed by atoms with Crippen LogP contribution in [-0.2, 0) is 17.6 Å². The predicted molar refractivity (Wildman–Crippen MR) is 122 cm³/mol. The third-order valence-electron chi connectivity index (χ3n) is 5.21. The van der Waals surface area contributed by atoms with Crippen molar-refractivity contribution in [2.45, 2.75) is 12.8 Å². The number of H-pyrrole nitrogens is 1. The van der Waals surface area contributed by atoms with Gasteiger partial charge >= 0.3 is 5.97 Å². The molecule has 1 aromatic heterocycles. The summed E-state index contributed by atoms with van der Waals surface area (Å²) in [4.78, 5) is 18.1. The highest BCUT2D eigenvalue weighted by atomic mass is 16.5. The van der Waals surface area contributed by atoms with Crippen molar-refractivity contribution in [2.75, 3.05) is 20.6 Å². The summed E-state index contributed by atoms with van der Waals surface area (Å²) in [5.41, 5.74) is 5.38. The van der Waals surface area contributed by atoms with Crippen molar-refractivity contribution in [3.63, 3.8) is 0 Å². The summed E-state index contributed by atoms with van der Waals surface area (Å²) in [5, 5.41) is 0.993. The number of carbonyl (C=O) groups is 1. The first-order valence-electron chi connectivity index (χ1n) is 10.2. The van der Waals surface area contributed by atoms with Gasteiger partial charge in [0.1, 0.15) is 5.75 Å². The molecular weight excluding hydrogens is 372 g/mol. The van der Waals surface area contributed by atoms with E-state index in [4.69, 9.17) is 4.74 Å². The van der Waals surface area contributed by atoms with Crippen LogP contribution in [0.4, 0.5) is 0 Å². The van der Waals surface area contributed by atoms with E-state index >= 15 is 0 Å². The molecule has 0 aliphatic carbocycles. The Bertz CT molecular complexity index is 1130. The minimum absolute atomic E-state index is 0.239. The summed E-state index contributed by atoms with van der Waals surface area (Å²) in [7, 11) is 4.11. The van der Waals surface area contributed by atoms with Crippen LogP contribution in [0.3, 0.4) is 0 Å². The van der Waals surface area contributed by atoms with Gasteiger partial charge in [-0.3, -0.25) is 4.79 Å². The van der Waals surface area contributed by atoms with Gasteiger partial charge in [-0.25, -0.2) is 0 Å². The minimum Gasteiger partial charge on any atom is -0.426 e. The molecule has 0 amide bonds. The molecule has 3 aromatic carbocycles. The average Bonchev–Trinajstić information content (AvgIpc) is 3.17. The molecule has 30 heavy (non-hydrogen) atoms. The maximum absolute atomic E-state index is 12.6. The second-order valence-corrected chi connectivity index (χ2v) is 7.76. The number of likely N-dealkylation sites (N-methyl/N-ethyl adjacent to an activating group) is 1. The van der Waals surface area contributed by atoms with Gasteiger partial charge in [-0.1, -0.05) is 60.7 Å². The van der Waals surface area contributed by atoms with Crippen molar-refractivity contribution in [3.8, 4) is 16.9 Å². The molecule has 4 aromatic rings. The highest BCUT2D eigenvalue weighted by Gasteiger charge is 2.14. The van der Waals surface area contributed by atoms with Crippen molar-refractivity contribution in [1.29, 1.82) is 0 Å². The van der Waals surface area contributed by atoms with E-state index in [1.165, 1.54) is 0 Å². The zero-order chi connectivity index (χ0) is 20.9. The number of hydrogen-bond donors (Lipinski definition) is 1. The highest BCUT2D eigenvalue weighted by molar-refractivity contribution is 5.91. The molecule has 0 aliphatic rings. The Morgan fingerprint density at radius 2 is 1.63 bits per heavy atom. The molecule has 152 valence electrons. The molecule has 0 unspecified atom stereocenters. The van der Waals surface area contributed by atoms with Crippen LogP contribution in [0.5, 0.6) is 5.75 Å². The van der Waals surface area contributed by atoms with Crippen LogP contribution in [-0.4, -0.2) is 36.5 Å². The Hall–Kier alpha value is -3.37. The first-order valence-corrected chi connectivity index (χ1v) is 10.2. The van der Waals surface area contributed by atoms with Gasteiger partial charge in [0.2, 0.25) is 0 Å². The van der Waals surface area contributed by atoms with Crippen molar-refractivity contribution in [3.05, 3.63) is 90.1 Å². The van der Waals surface area contributed by atoms with Crippen LogP contribution in [0.15, 0.2) is 79.0 Å². The molecule has 1 N–H and O–H groups in total. The molecule has 0 spiro atoms. The van der Waals surface area contributed by atoms with Crippen LogP contribution in [0, 0.1) is 0 Å². The number of rotatable bonds is 7. The molecule has 0 bridgehead atoms. The average molecular weight is 399 g/mol. The summed E-state index contributed by atoms with van der Waals surface area (Å²) in [6.45, 7) is 0.934. The van der Waals surface area contributed by atoms with E-state index in [9.17, 15) is 4.79 Å². The van der Waals surface area contributed by atoms with Gasteiger partial charge in [-0.2, -0.15) is 0 Å². The number of nitrogens with zero attached hydrogens (tertiary/aromatic N) is 1. The summed E-state index contributed by atoms with van der Waals surface area (Å²) < 4.78 is 5.78. The lowest BCUT2D eigenvalue weighted by Crippen LogP contribution is -2.15. The standard InChI is InChI=1S/C26H26N2O2/c1-28(2)16-15-22-18-27-23-9-6-10-24(26(22)23)30-25(29)17-19-11-13-21(14-12-19)20-7-4-3-5-8-20/h3-14,18,27H,15-17H2,1-2H3. The summed E-state index contributed by atoms with van der Waals surface area (Å²) in [5.74, 6) is 0.364. The molecule has 4 nitrogen and oxygen atoms in total. The second kappa shape index (κ2) is 8.97. The van der Waals surface area contributed by atoms with Crippen LogP contribution in [0.1, 0.15) is 11.1 Å². The topological polar surface area (TPSA) is 45.3 Å². The van der Waals surface area contributed by atoms with E-state index < -0.39 is 0 Å². The molecule has 0 fully saturated rings. The number of aromatic amines is 1. The summed E-state index contributed by atoms with van der Waals surface area (Å²) >= 11 is 0. The molecule has 0 aliphatic heterocycles. The maximum Gasteiger partial charge on any atom is 0.315 e. The van der Waals surface area contributed by atoms with E-state index in [0.29, 0.717) is 5.75 Å². The highest BCUT2D eigenvalue weighted by Crippen LogP contribution is 2.29. The fourth-order valence-electron chi connectivity index (χ4n) is 3.62. The van der Waals surface area contributed by atoms with E-state index in [1.54, 1.807) is 0 Å². The van der Waals surface area contributed by atoms with E-state index in [0.717, 1.165) is 46.1 Å². The monoisotopic (exact) mass is 398 g/mol. The quantitative estimate of drug-likeness (QED) is 0.348. The number of fused-ring (bicyclic) bond motifs is 1. The van der Waals surface area contributed by atoms with Crippen molar-refractivity contribution >= 4 is 16.9 Å². The minimum atomic E-state index is -0.255. The van der Waals surface area contributed by atoms with Gasteiger partial charge in [0.25, 0.3) is 0 Å². The lowest BCUT2D eigenvalue weighted by molar-refractivity contribution is -0.133. The number of esters is 1. The zero-order valence-electron chi connectivity index (χ0n) is 17.4. The fraction of sp³-hybridized carbons (Fsp3) is 0.192. The predicted octanol–water partition coefficient (Wildman–Crippen LogP) is 5.09. The van der Waals surface area contributed by atoms with Gasteiger partial charge in [-0.05, 0) is 54.9 Å². The van der Waals surface area contributed by atoms with E-state index in [-0.39, 0.29) is 12.4 Å². The third kappa shape index (κ3) is 4.61. The Kier molecular flexibility index (Phi) is 5.96. The molecule has 4 rings (SSSR count). The molecule has 1 heterocycles. The Morgan fingerprint density at radius 3 is 2.37 bits per heavy atom. The normalized spacial score (nSPS) is 11.2. The van der Waals surface area contributed by atoms with E-state index in [1.807, 2.05) is 66.9 Å². The largest absolute Gasteiger partial charge is 0.426 e. The number of ether oxygens (including phenoxy) is 1. The fourth-order valence-corrected chi connectivity index (χ4v) is 3.62. The molecule has 0 radical (unpaired) electrons. The molecule has 0 saturated carbocycles. The van der Waals surface area contributed by atoms with Gasteiger partial charge in [0, 0.05) is 23.6 Å². The SMILES string of the molecule is CN(C)CCc1c[nH]c2cccc(OC(=O)Cc3ccc(-c4ccccc4)cc3)c12. The van der Waals surface area contributed by atoms with Crippen LogP contribution >= 0.6 is 0 Å². The maximum atomic E-state index is 12.6. The van der Waals surface area contributed by atoms with Crippen molar-refractivity contribution in [1.82, 2.24) is 9.88 Å². The van der Waals surface area contributed by atoms with Gasteiger partial charge in [-0.15, -0.1) is 0 Å². The Balaban J connectivity index is 1.47. The number of nitrogens with one attached hydrogen (secondary N) is 1. The lowest BCUT2D eigenvalue weighted by Gasteiger charge is -2.10. The smallest absolute Gasteiger partial charge is 0.315 e.